The maximum absolute atomic E-state index is 5.62. The largest absolute Gasteiger partial charge is 0.496 e. The van der Waals surface area contributed by atoms with Crippen LogP contribution in [-0.2, 0) is 17.7 Å². The van der Waals surface area contributed by atoms with Gasteiger partial charge in [-0.2, -0.15) is 0 Å². The molecule has 25 heavy (non-hydrogen) atoms. The molecule has 0 saturated carbocycles. The first kappa shape index (κ1) is 18.7. The van der Waals surface area contributed by atoms with E-state index in [1.807, 2.05) is 0 Å². The normalized spacial score (nSPS) is 20.4. The molecular formula is C21H34N2O2. The molecule has 140 valence electrons. The topological polar surface area (TPSA) is 24.9 Å². The van der Waals surface area contributed by atoms with Gasteiger partial charge in [0.25, 0.3) is 0 Å². The first-order valence-corrected chi connectivity index (χ1v) is 10.0. The van der Waals surface area contributed by atoms with E-state index in [-0.39, 0.29) is 0 Å². The molecule has 0 atom stereocenters. The van der Waals surface area contributed by atoms with Crippen LogP contribution in [0.15, 0.2) is 18.2 Å². The van der Waals surface area contributed by atoms with E-state index >= 15 is 0 Å². The Labute approximate surface area is 153 Å². The van der Waals surface area contributed by atoms with E-state index in [9.17, 15) is 0 Å². The monoisotopic (exact) mass is 346 g/mol. The minimum absolute atomic E-state index is 0.891. The van der Waals surface area contributed by atoms with E-state index in [1.54, 1.807) is 7.11 Å². The summed E-state index contributed by atoms with van der Waals surface area (Å²) in [7, 11) is 1.79. The van der Waals surface area contributed by atoms with E-state index in [0.29, 0.717) is 0 Å². The maximum atomic E-state index is 5.62. The minimum Gasteiger partial charge on any atom is -0.496 e. The minimum atomic E-state index is 0.891. The van der Waals surface area contributed by atoms with E-state index in [4.69, 9.17) is 9.47 Å². The molecule has 0 spiro atoms. The van der Waals surface area contributed by atoms with Crippen LogP contribution in [0.3, 0.4) is 0 Å². The number of rotatable bonds is 7. The summed E-state index contributed by atoms with van der Waals surface area (Å²) in [5.74, 6) is 1.04. The molecule has 2 saturated heterocycles. The van der Waals surface area contributed by atoms with Crippen LogP contribution in [0.2, 0.25) is 0 Å². The van der Waals surface area contributed by atoms with E-state index in [0.717, 1.165) is 45.0 Å². The summed E-state index contributed by atoms with van der Waals surface area (Å²) in [6, 6.07) is 6.78. The van der Waals surface area contributed by atoms with Gasteiger partial charge >= 0.3 is 0 Å². The lowest BCUT2D eigenvalue weighted by Gasteiger charge is -2.26. The highest BCUT2D eigenvalue weighted by Crippen LogP contribution is 2.24. The van der Waals surface area contributed by atoms with Crippen molar-refractivity contribution in [1.29, 1.82) is 0 Å². The highest BCUT2D eigenvalue weighted by Gasteiger charge is 2.13. The third-order valence-electron chi connectivity index (χ3n) is 5.48. The van der Waals surface area contributed by atoms with Gasteiger partial charge in [-0.05, 0) is 56.9 Å². The van der Waals surface area contributed by atoms with Gasteiger partial charge in [0.1, 0.15) is 5.75 Å². The third kappa shape index (κ3) is 5.98. The quantitative estimate of drug-likeness (QED) is 0.756. The molecule has 2 aliphatic heterocycles. The SMILES string of the molecule is COc1ccc(CCCN2CCOCC2)cc1CN1CCCCCC1. The second-order valence-electron chi connectivity index (χ2n) is 7.39. The second kappa shape index (κ2) is 10.1. The molecule has 1 aromatic carbocycles. The summed E-state index contributed by atoms with van der Waals surface area (Å²) in [6.07, 6.45) is 7.80. The maximum Gasteiger partial charge on any atom is 0.123 e. The number of benzene rings is 1. The molecule has 0 radical (unpaired) electrons. The van der Waals surface area contributed by atoms with Gasteiger partial charge in [-0.25, -0.2) is 0 Å². The van der Waals surface area contributed by atoms with E-state index in [1.165, 1.54) is 62.9 Å². The highest BCUT2D eigenvalue weighted by atomic mass is 16.5. The fourth-order valence-corrected chi connectivity index (χ4v) is 3.98. The van der Waals surface area contributed by atoms with Crippen molar-refractivity contribution in [2.75, 3.05) is 53.0 Å². The standard InChI is InChI=1S/C21H34N2O2/c1-24-21-9-8-19(7-6-12-22-13-15-25-16-14-22)17-20(21)18-23-10-4-2-3-5-11-23/h8-9,17H,2-7,10-16,18H2,1H3. The number of aryl methyl sites for hydroxylation is 1. The first-order chi connectivity index (χ1) is 12.3. The molecule has 0 bridgehead atoms. The number of methoxy groups -OCH3 is 1. The predicted molar refractivity (Wildman–Crippen MR) is 102 cm³/mol. The molecular weight excluding hydrogens is 312 g/mol. The first-order valence-electron chi connectivity index (χ1n) is 10.0. The molecule has 2 aliphatic rings. The van der Waals surface area contributed by atoms with E-state index in [2.05, 4.69) is 28.0 Å². The summed E-state index contributed by atoms with van der Waals surface area (Å²) in [5.41, 5.74) is 2.80. The van der Waals surface area contributed by atoms with Crippen LogP contribution in [0.4, 0.5) is 0 Å². The molecule has 3 rings (SSSR count). The molecule has 4 heteroatoms. The number of likely N-dealkylation sites (tertiary alicyclic amines) is 1. The summed E-state index contributed by atoms with van der Waals surface area (Å²) in [5, 5.41) is 0. The number of nitrogens with zero attached hydrogens (tertiary/aromatic N) is 2. The van der Waals surface area contributed by atoms with Crippen molar-refractivity contribution in [2.45, 2.75) is 45.1 Å². The van der Waals surface area contributed by atoms with Gasteiger partial charge < -0.3 is 9.47 Å². The van der Waals surface area contributed by atoms with Crippen LogP contribution in [-0.4, -0.2) is 62.8 Å². The molecule has 0 amide bonds. The van der Waals surface area contributed by atoms with Crippen molar-refractivity contribution in [3.05, 3.63) is 29.3 Å². The van der Waals surface area contributed by atoms with Gasteiger partial charge in [-0.3, -0.25) is 9.80 Å². The number of ether oxygens (including phenoxy) is 2. The van der Waals surface area contributed by atoms with E-state index < -0.39 is 0 Å². The van der Waals surface area contributed by atoms with Crippen molar-refractivity contribution in [2.24, 2.45) is 0 Å². The zero-order chi connectivity index (χ0) is 17.3. The molecule has 0 aromatic heterocycles. The van der Waals surface area contributed by atoms with Gasteiger partial charge in [0.2, 0.25) is 0 Å². The van der Waals surface area contributed by atoms with Crippen LogP contribution < -0.4 is 4.74 Å². The molecule has 0 N–H and O–H groups in total. The van der Waals surface area contributed by atoms with Gasteiger partial charge in [-0.1, -0.05) is 25.0 Å². The fourth-order valence-electron chi connectivity index (χ4n) is 3.98. The molecule has 2 fully saturated rings. The average molecular weight is 347 g/mol. The van der Waals surface area contributed by atoms with Gasteiger partial charge in [0.05, 0.1) is 20.3 Å². The molecule has 1 aromatic rings. The van der Waals surface area contributed by atoms with Crippen LogP contribution >= 0.6 is 0 Å². The van der Waals surface area contributed by atoms with Gasteiger partial charge in [0.15, 0.2) is 0 Å². The highest BCUT2D eigenvalue weighted by molar-refractivity contribution is 5.37. The lowest BCUT2D eigenvalue weighted by Crippen LogP contribution is -2.36. The molecule has 0 aliphatic carbocycles. The Morgan fingerprint density at radius 3 is 2.44 bits per heavy atom. The lowest BCUT2D eigenvalue weighted by atomic mass is 10.0. The van der Waals surface area contributed by atoms with Crippen molar-refractivity contribution in [1.82, 2.24) is 9.80 Å². The second-order valence-corrected chi connectivity index (χ2v) is 7.39. The summed E-state index contributed by atoms with van der Waals surface area (Å²) < 4.78 is 11.1. The van der Waals surface area contributed by atoms with Crippen molar-refractivity contribution < 1.29 is 9.47 Å². The van der Waals surface area contributed by atoms with Crippen molar-refractivity contribution in [3.63, 3.8) is 0 Å². The predicted octanol–water partition coefficient (Wildman–Crippen LogP) is 3.34. The van der Waals surface area contributed by atoms with Crippen LogP contribution in [0.1, 0.15) is 43.2 Å². The third-order valence-corrected chi connectivity index (χ3v) is 5.48. The van der Waals surface area contributed by atoms with Crippen LogP contribution in [0.25, 0.3) is 0 Å². The Hall–Kier alpha value is -1.10. The van der Waals surface area contributed by atoms with Gasteiger partial charge in [-0.15, -0.1) is 0 Å². The Morgan fingerprint density at radius 2 is 1.72 bits per heavy atom. The Kier molecular flexibility index (Phi) is 7.58. The Bertz CT molecular complexity index is 507. The Balaban J connectivity index is 1.54. The molecule has 2 heterocycles. The smallest absolute Gasteiger partial charge is 0.123 e. The zero-order valence-corrected chi connectivity index (χ0v) is 15.8. The molecule has 0 unspecified atom stereocenters. The number of morpholine rings is 1. The van der Waals surface area contributed by atoms with Crippen molar-refractivity contribution in [3.8, 4) is 5.75 Å². The van der Waals surface area contributed by atoms with Crippen LogP contribution in [0.5, 0.6) is 5.75 Å². The number of hydrogen-bond donors (Lipinski definition) is 0. The lowest BCUT2D eigenvalue weighted by molar-refractivity contribution is 0.0374. The summed E-state index contributed by atoms with van der Waals surface area (Å²) in [4.78, 5) is 5.12. The van der Waals surface area contributed by atoms with Gasteiger partial charge in [0, 0.05) is 25.2 Å². The van der Waals surface area contributed by atoms with Crippen molar-refractivity contribution >= 4 is 0 Å². The summed E-state index contributed by atoms with van der Waals surface area (Å²) in [6.45, 7) is 8.61. The fraction of sp³-hybridized carbons (Fsp3) is 0.714. The average Bonchev–Trinajstić information content (AvgIpc) is 2.92. The Morgan fingerprint density at radius 1 is 0.960 bits per heavy atom. The van der Waals surface area contributed by atoms with Crippen LogP contribution in [0, 0.1) is 0 Å². The zero-order valence-electron chi connectivity index (χ0n) is 15.8. The summed E-state index contributed by atoms with van der Waals surface area (Å²) >= 11 is 0. The molecule has 4 nitrogen and oxygen atoms in total. The number of hydrogen-bond acceptors (Lipinski definition) is 4.